The first kappa shape index (κ1) is 26.4. The monoisotopic (exact) mass is 475 g/mol. The normalized spacial score (nSPS) is 19.7. The summed E-state index contributed by atoms with van der Waals surface area (Å²) in [5, 5.41) is 6.45. The Bertz CT molecular complexity index is 987. The predicted octanol–water partition coefficient (Wildman–Crippen LogP) is 5.56. The lowest BCUT2D eigenvalue weighted by molar-refractivity contribution is 0.334. The molecule has 0 radical (unpaired) electrons. The van der Waals surface area contributed by atoms with Crippen LogP contribution in [0, 0.1) is 5.95 Å². The van der Waals surface area contributed by atoms with Crippen molar-refractivity contribution in [3.63, 3.8) is 0 Å². The van der Waals surface area contributed by atoms with Crippen LogP contribution in [0.5, 0.6) is 0 Å². The summed E-state index contributed by atoms with van der Waals surface area (Å²) in [5.74, 6) is 1.22. The number of hydrogen-bond acceptors (Lipinski definition) is 4. The zero-order valence-electron chi connectivity index (χ0n) is 20.8. The second-order valence-electron chi connectivity index (χ2n) is 8.99. The van der Waals surface area contributed by atoms with Crippen LogP contribution in [0.4, 0.5) is 4.39 Å². The number of likely N-dealkylation sites (tertiary alicyclic amines) is 1. The number of likely N-dealkylation sites (N-methyl/N-ethyl adjacent to an activating group) is 1. The van der Waals surface area contributed by atoms with E-state index in [0.717, 1.165) is 42.9 Å². The molecule has 1 aromatic heterocycles. The van der Waals surface area contributed by atoms with Gasteiger partial charge in [-0.1, -0.05) is 55.1 Å². The molecule has 3 aliphatic rings. The van der Waals surface area contributed by atoms with Crippen LogP contribution in [0.15, 0.2) is 90.9 Å². The molecule has 0 amide bonds. The average molecular weight is 476 g/mol. The summed E-state index contributed by atoms with van der Waals surface area (Å²) >= 11 is 0. The minimum absolute atomic E-state index is 0.287. The Morgan fingerprint density at radius 2 is 2.03 bits per heavy atom. The highest BCUT2D eigenvalue weighted by molar-refractivity contribution is 5.86. The van der Waals surface area contributed by atoms with Gasteiger partial charge < -0.3 is 10.6 Å². The lowest BCUT2D eigenvalue weighted by Crippen LogP contribution is -2.32. The van der Waals surface area contributed by atoms with Gasteiger partial charge in [0.1, 0.15) is 5.84 Å². The van der Waals surface area contributed by atoms with Gasteiger partial charge in [0.2, 0.25) is 5.95 Å². The van der Waals surface area contributed by atoms with Gasteiger partial charge >= 0.3 is 0 Å². The Labute approximate surface area is 209 Å². The Hall–Kier alpha value is -3.25. The van der Waals surface area contributed by atoms with Crippen molar-refractivity contribution in [3.05, 3.63) is 103 Å². The van der Waals surface area contributed by atoms with Crippen molar-refractivity contribution < 1.29 is 4.39 Å². The Kier molecular flexibility index (Phi) is 10.7. The Morgan fingerprint density at radius 1 is 1.23 bits per heavy atom. The van der Waals surface area contributed by atoms with Crippen LogP contribution in [0.3, 0.4) is 0 Å². The van der Waals surface area contributed by atoms with Crippen LogP contribution >= 0.6 is 0 Å². The van der Waals surface area contributed by atoms with E-state index in [9.17, 15) is 4.39 Å². The molecule has 1 saturated heterocycles. The van der Waals surface area contributed by atoms with Crippen molar-refractivity contribution in [3.8, 4) is 0 Å². The number of rotatable bonds is 7. The molecule has 0 spiro atoms. The average Bonchev–Trinajstić information content (AvgIpc) is 3.41. The van der Waals surface area contributed by atoms with Crippen molar-refractivity contribution in [2.75, 3.05) is 20.1 Å². The molecule has 6 heteroatoms. The maximum absolute atomic E-state index is 12.8. The lowest BCUT2D eigenvalue weighted by Gasteiger charge is -2.22. The third kappa shape index (κ3) is 9.13. The van der Waals surface area contributed by atoms with Gasteiger partial charge in [-0.15, -0.1) is 6.58 Å². The van der Waals surface area contributed by atoms with E-state index in [1.807, 2.05) is 24.4 Å². The molecule has 3 heterocycles. The van der Waals surface area contributed by atoms with E-state index in [1.165, 1.54) is 31.1 Å². The number of aromatic nitrogens is 1. The maximum Gasteiger partial charge on any atom is 0.216 e. The number of hydrogen-bond donors (Lipinski definition) is 2. The molecule has 1 saturated carbocycles. The van der Waals surface area contributed by atoms with Gasteiger partial charge in [-0.25, -0.2) is 4.98 Å². The highest BCUT2D eigenvalue weighted by atomic mass is 19.1. The summed E-state index contributed by atoms with van der Waals surface area (Å²) < 4.78 is 12.8. The standard InChI is InChI=1S/C14H20N2.C8H8FN.C7H10N2/c1-12(14-9-6-10-16(14)2)15-11-13-7-4-3-5-8-13;9-8-7(6-3-4-6)2-1-5-10-8;1-2-5-8-7-4-3-6-9-7/h3-5,7-8,14-15H,1,6,9-11H2,2H3;1-2,5-6H,3-4H2;2-3,6H,1,4-5H2,(H,8,9). The van der Waals surface area contributed by atoms with E-state index in [4.69, 9.17) is 0 Å². The number of pyridine rings is 1. The van der Waals surface area contributed by atoms with Crippen molar-refractivity contribution in [1.29, 1.82) is 0 Å². The van der Waals surface area contributed by atoms with Crippen LogP contribution in [0.25, 0.3) is 0 Å². The first-order valence-corrected chi connectivity index (χ1v) is 12.4. The maximum atomic E-state index is 12.8. The zero-order chi connectivity index (χ0) is 24.9. The van der Waals surface area contributed by atoms with Crippen LogP contribution in [-0.4, -0.2) is 41.9 Å². The van der Waals surface area contributed by atoms with Gasteiger partial charge in [0.25, 0.3) is 0 Å². The predicted molar refractivity (Wildman–Crippen MR) is 144 cm³/mol. The third-order valence-electron chi connectivity index (χ3n) is 6.18. The molecule has 5 rings (SSSR count). The van der Waals surface area contributed by atoms with Gasteiger partial charge in [-0.2, -0.15) is 4.39 Å². The van der Waals surface area contributed by atoms with E-state index in [1.54, 1.807) is 12.1 Å². The minimum atomic E-state index is -0.287. The van der Waals surface area contributed by atoms with Gasteiger partial charge in [-0.05, 0) is 63.0 Å². The van der Waals surface area contributed by atoms with Crippen LogP contribution in [0.2, 0.25) is 0 Å². The first-order chi connectivity index (χ1) is 17.1. The quantitative estimate of drug-likeness (QED) is 0.407. The van der Waals surface area contributed by atoms with E-state index >= 15 is 0 Å². The highest BCUT2D eigenvalue weighted by Gasteiger charge is 2.26. The fraction of sp³-hybridized carbons (Fsp3) is 0.379. The van der Waals surface area contributed by atoms with Gasteiger partial charge in [-0.3, -0.25) is 9.89 Å². The number of nitrogens with zero attached hydrogens (tertiary/aromatic N) is 3. The molecule has 0 bridgehead atoms. The molecule has 5 nitrogen and oxygen atoms in total. The highest BCUT2D eigenvalue weighted by Crippen LogP contribution is 2.40. The lowest BCUT2D eigenvalue weighted by atomic mass is 10.1. The summed E-state index contributed by atoms with van der Waals surface area (Å²) in [5.41, 5.74) is 3.26. The summed E-state index contributed by atoms with van der Waals surface area (Å²) in [6.45, 7) is 10.5. The third-order valence-corrected chi connectivity index (χ3v) is 6.18. The number of aliphatic imine (C=N–C) groups is 1. The van der Waals surface area contributed by atoms with E-state index in [-0.39, 0.29) is 5.95 Å². The molecular weight excluding hydrogens is 437 g/mol. The van der Waals surface area contributed by atoms with E-state index in [0.29, 0.717) is 18.5 Å². The molecule has 1 aromatic carbocycles. The Morgan fingerprint density at radius 3 is 2.63 bits per heavy atom. The minimum Gasteiger partial charge on any atom is -0.383 e. The molecule has 1 unspecified atom stereocenters. The SMILES string of the molecule is C=C(NCc1ccccc1)C1CCCN1C.C=CCN=C1CC=CN1.Fc1ncccc1C1CC1. The molecule has 2 aromatic rings. The van der Waals surface area contributed by atoms with Crippen molar-refractivity contribution in [2.45, 2.75) is 50.6 Å². The molecule has 1 atom stereocenters. The van der Waals surface area contributed by atoms with Gasteiger partial charge in [0.15, 0.2) is 0 Å². The molecule has 186 valence electrons. The first-order valence-electron chi connectivity index (χ1n) is 12.4. The largest absolute Gasteiger partial charge is 0.383 e. The smallest absolute Gasteiger partial charge is 0.216 e. The van der Waals surface area contributed by atoms with Crippen molar-refractivity contribution in [1.82, 2.24) is 20.5 Å². The molecule has 2 N–H and O–H groups in total. The molecule has 35 heavy (non-hydrogen) atoms. The van der Waals surface area contributed by atoms with Gasteiger partial charge in [0.05, 0.1) is 6.54 Å². The molecule has 1 aliphatic carbocycles. The van der Waals surface area contributed by atoms with Crippen molar-refractivity contribution >= 4 is 5.84 Å². The summed E-state index contributed by atoms with van der Waals surface area (Å²) in [4.78, 5) is 10.1. The fourth-order valence-corrected chi connectivity index (χ4v) is 4.05. The van der Waals surface area contributed by atoms with Crippen LogP contribution < -0.4 is 10.6 Å². The topological polar surface area (TPSA) is 52.5 Å². The zero-order valence-corrected chi connectivity index (χ0v) is 20.8. The second kappa shape index (κ2) is 14.2. The fourth-order valence-electron chi connectivity index (χ4n) is 4.05. The molecular formula is C29H38FN5. The van der Waals surface area contributed by atoms with E-state index < -0.39 is 0 Å². The van der Waals surface area contributed by atoms with Crippen molar-refractivity contribution in [2.24, 2.45) is 4.99 Å². The summed E-state index contributed by atoms with van der Waals surface area (Å²) in [7, 11) is 2.17. The number of benzene rings is 1. The molecule has 2 aliphatic heterocycles. The molecule has 2 fully saturated rings. The second-order valence-corrected chi connectivity index (χ2v) is 8.99. The summed E-state index contributed by atoms with van der Waals surface area (Å²) in [6, 6.07) is 14.6. The number of amidine groups is 1. The van der Waals surface area contributed by atoms with Crippen LogP contribution in [0.1, 0.15) is 49.1 Å². The van der Waals surface area contributed by atoms with Gasteiger partial charge in [0, 0.05) is 36.5 Å². The van der Waals surface area contributed by atoms with E-state index in [2.05, 4.69) is 70.0 Å². The summed E-state index contributed by atoms with van der Waals surface area (Å²) in [6.07, 6.45) is 12.9. The number of nitrogens with one attached hydrogen (secondary N) is 2. The Balaban J connectivity index is 0.000000155. The van der Waals surface area contributed by atoms with Crippen LogP contribution in [-0.2, 0) is 6.54 Å². The number of halogens is 1.